The number of hydrogen-bond acceptors (Lipinski definition) is 3. The van der Waals surface area contributed by atoms with Crippen LogP contribution in [0.25, 0.3) is 0 Å². The van der Waals surface area contributed by atoms with Crippen LogP contribution in [0.3, 0.4) is 0 Å². The molecule has 1 saturated heterocycles. The molecule has 0 bridgehead atoms. The van der Waals surface area contributed by atoms with Gasteiger partial charge in [-0.25, -0.2) is 0 Å². The van der Waals surface area contributed by atoms with E-state index in [1.807, 2.05) is 4.90 Å². The van der Waals surface area contributed by atoms with E-state index in [1.165, 1.54) is 6.42 Å². The molecule has 0 aromatic heterocycles. The fourth-order valence-electron chi connectivity index (χ4n) is 2.32. The van der Waals surface area contributed by atoms with E-state index < -0.39 is 0 Å². The second kappa shape index (κ2) is 9.34. The molecule has 1 N–H and O–H groups in total. The van der Waals surface area contributed by atoms with Crippen LogP contribution < -0.4 is 5.32 Å². The quantitative estimate of drug-likeness (QED) is 0.640. The third-order valence-corrected chi connectivity index (χ3v) is 3.25. The van der Waals surface area contributed by atoms with Crippen molar-refractivity contribution >= 4 is 5.91 Å². The SMILES string of the molecule is CCCN(CCC)C(=O)CCNCC1CCCO1. The number of carbonyl (C=O) groups excluding carboxylic acids is 1. The molecule has 0 aromatic rings. The summed E-state index contributed by atoms with van der Waals surface area (Å²) in [6.45, 7) is 8.55. The molecule has 1 aliphatic heterocycles. The Labute approximate surface area is 111 Å². The zero-order chi connectivity index (χ0) is 13.2. The number of rotatable bonds is 9. The van der Waals surface area contributed by atoms with Gasteiger partial charge in [0.05, 0.1) is 6.10 Å². The van der Waals surface area contributed by atoms with E-state index in [9.17, 15) is 4.79 Å². The lowest BCUT2D eigenvalue weighted by Gasteiger charge is -2.21. The molecular formula is C14H28N2O2. The Bertz CT molecular complexity index is 222. The first kappa shape index (κ1) is 15.4. The molecule has 0 radical (unpaired) electrons. The second-order valence-electron chi connectivity index (χ2n) is 4.97. The first-order valence-corrected chi connectivity index (χ1v) is 7.38. The fraction of sp³-hybridized carbons (Fsp3) is 0.929. The molecule has 4 heteroatoms. The highest BCUT2D eigenvalue weighted by Crippen LogP contribution is 2.10. The maximum atomic E-state index is 12.0. The summed E-state index contributed by atoms with van der Waals surface area (Å²) < 4.78 is 5.53. The Kier molecular flexibility index (Phi) is 8.01. The fourth-order valence-corrected chi connectivity index (χ4v) is 2.32. The average Bonchev–Trinajstić information content (AvgIpc) is 2.87. The smallest absolute Gasteiger partial charge is 0.223 e. The van der Waals surface area contributed by atoms with Crippen LogP contribution in [0.5, 0.6) is 0 Å². The van der Waals surface area contributed by atoms with E-state index in [4.69, 9.17) is 4.74 Å². The third-order valence-electron chi connectivity index (χ3n) is 3.25. The molecule has 1 amide bonds. The van der Waals surface area contributed by atoms with Crippen LogP contribution in [0.1, 0.15) is 46.0 Å². The predicted octanol–water partition coefficient (Wildman–Crippen LogP) is 1.79. The third kappa shape index (κ3) is 5.83. The Morgan fingerprint density at radius 3 is 2.61 bits per heavy atom. The molecule has 1 aliphatic rings. The second-order valence-corrected chi connectivity index (χ2v) is 4.97. The van der Waals surface area contributed by atoms with Crippen molar-refractivity contribution in [3.8, 4) is 0 Å². The Hall–Kier alpha value is -0.610. The minimum atomic E-state index is 0.276. The van der Waals surface area contributed by atoms with Gasteiger partial charge in [-0.2, -0.15) is 0 Å². The van der Waals surface area contributed by atoms with Gasteiger partial charge in [0, 0.05) is 39.2 Å². The molecule has 0 aliphatic carbocycles. The van der Waals surface area contributed by atoms with Crippen molar-refractivity contribution in [2.45, 2.75) is 52.1 Å². The first-order chi connectivity index (χ1) is 8.77. The van der Waals surface area contributed by atoms with E-state index in [-0.39, 0.29) is 5.91 Å². The number of ether oxygens (including phenoxy) is 1. The lowest BCUT2D eigenvalue weighted by molar-refractivity contribution is -0.131. The summed E-state index contributed by atoms with van der Waals surface area (Å²) in [6, 6.07) is 0. The summed E-state index contributed by atoms with van der Waals surface area (Å²) in [6.07, 6.45) is 5.37. The van der Waals surface area contributed by atoms with Gasteiger partial charge in [-0.3, -0.25) is 4.79 Å². The maximum Gasteiger partial charge on any atom is 0.223 e. The Morgan fingerprint density at radius 2 is 2.06 bits per heavy atom. The number of nitrogens with zero attached hydrogens (tertiary/aromatic N) is 1. The molecule has 1 atom stereocenters. The van der Waals surface area contributed by atoms with Crippen LogP contribution in [-0.4, -0.2) is 49.7 Å². The zero-order valence-corrected chi connectivity index (χ0v) is 11.9. The van der Waals surface area contributed by atoms with Crippen LogP contribution in [0, 0.1) is 0 Å². The summed E-state index contributed by atoms with van der Waals surface area (Å²) in [5.41, 5.74) is 0. The summed E-state index contributed by atoms with van der Waals surface area (Å²) in [5.74, 6) is 0.276. The van der Waals surface area contributed by atoms with Crippen molar-refractivity contribution in [1.29, 1.82) is 0 Å². The van der Waals surface area contributed by atoms with Crippen molar-refractivity contribution in [2.75, 3.05) is 32.8 Å². The Morgan fingerprint density at radius 1 is 1.33 bits per heavy atom. The van der Waals surface area contributed by atoms with Crippen LogP contribution in [0.2, 0.25) is 0 Å². The van der Waals surface area contributed by atoms with Gasteiger partial charge in [0.15, 0.2) is 0 Å². The maximum absolute atomic E-state index is 12.0. The van der Waals surface area contributed by atoms with Crippen molar-refractivity contribution in [3.05, 3.63) is 0 Å². The normalized spacial score (nSPS) is 19.1. The largest absolute Gasteiger partial charge is 0.377 e. The zero-order valence-electron chi connectivity index (χ0n) is 11.9. The summed E-state index contributed by atoms with van der Waals surface area (Å²) in [4.78, 5) is 14.0. The van der Waals surface area contributed by atoms with Crippen molar-refractivity contribution < 1.29 is 9.53 Å². The monoisotopic (exact) mass is 256 g/mol. The summed E-state index contributed by atoms with van der Waals surface area (Å²) in [5, 5.41) is 3.32. The van der Waals surface area contributed by atoms with E-state index >= 15 is 0 Å². The Balaban J connectivity index is 2.09. The molecule has 0 aromatic carbocycles. The van der Waals surface area contributed by atoms with Gasteiger partial charge in [-0.05, 0) is 25.7 Å². The van der Waals surface area contributed by atoms with Gasteiger partial charge < -0.3 is 15.0 Å². The van der Waals surface area contributed by atoms with E-state index in [0.717, 1.165) is 52.0 Å². The molecule has 0 spiro atoms. The van der Waals surface area contributed by atoms with E-state index in [0.29, 0.717) is 12.5 Å². The average molecular weight is 256 g/mol. The molecule has 4 nitrogen and oxygen atoms in total. The minimum absolute atomic E-state index is 0.276. The molecule has 1 fully saturated rings. The van der Waals surface area contributed by atoms with Crippen molar-refractivity contribution in [2.24, 2.45) is 0 Å². The number of nitrogens with one attached hydrogen (secondary N) is 1. The highest BCUT2D eigenvalue weighted by molar-refractivity contribution is 5.76. The first-order valence-electron chi connectivity index (χ1n) is 7.38. The lowest BCUT2D eigenvalue weighted by Crippen LogP contribution is -2.35. The summed E-state index contributed by atoms with van der Waals surface area (Å²) in [7, 11) is 0. The standard InChI is InChI=1S/C14H28N2O2/c1-3-9-16(10-4-2)14(17)7-8-15-12-13-6-5-11-18-13/h13,15H,3-12H2,1-2H3. The molecule has 106 valence electrons. The molecule has 0 saturated carbocycles. The van der Waals surface area contributed by atoms with Gasteiger partial charge in [0.2, 0.25) is 5.91 Å². The highest BCUT2D eigenvalue weighted by Gasteiger charge is 2.15. The van der Waals surface area contributed by atoms with Gasteiger partial charge in [0.25, 0.3) is 0 Å². The summed E-state index contributed by atoms with van der Waals surface area (Å²) >= 11 is 0. The number of hydrogen-bond donors (Lipinski definition) is 1. The van der Waals surface area contributed by atoms with Gasteiger partial charge in [-0.1, -0.05) is 13.8 Å². The lowest BCUT2D eigenvalue weighted by atomic mass is 10.2. The molecule has 1 heterocycles. The van der Waals surface area contributed by atoms with Gasteiger partial charge in [-0.15, -0.1) is 0 Å². The van der Waals surface area contributed by atoms with Crippen LogP contribution in [0.4, 0.5) is 0 Å². The van der Waals surface area contributed by atoms with E-state index in [1.54, 1.807) is 0 Å². The van der Waals surface area contributed by atoms with Crippen LogP contribution >= 0.6 is 0 Å². The number of amides is 1. The van der Waals surface area contributed by atoms with E-state index in [2.05, 4.69) is 19.2 Å². The van der Waals surface area contributed by atoms with Crippen molar-refractivity contribution in [1.82, 2.24) is 10.2 Å². The highest BCUT2D eigenvalue weighted by atomic mass is 16.5. The van der Waals surface area contributed by atoms with Crippen LogP contribution in [0.15, 0.2) is 0 Å². The topological polar surface area (TPSA) is 41.6 Å². The van der Waals surface area contributed by atoms with Crippen molar-refractivity contribution in [3.63, 3.8) is 0 Å². The molecule has 18 heavy (non-hydrogen) atoms. The molecule has 1 rings (SSSR count). The van der Waals surface area contributed by atoms with Gasteiger partial charge in [0.1, 0.15) is 0 Å². The predicted molar refractivity (Wildman–Crippen MR) is 73.6 cm³/mol. The molecular weight excluding hydrogens is 228 g/mol. The minimum Gasteiger partial charge on any atom is -0.377 e. The number of carbonyl (C=O) groups is 1. The molecule has 1 unspecified atom stereocenters. The van der Waals surface area contributed by atoms with Crippen LogP contribution in [-0.2, 0) is 9.53 Å². The van der Waals surface area contributed by atoms with Gasteiger partial charge >= 0.3 is 0 Å².